The van der Waals surface area contributed by atoms with Gasteiger partial charge in [-0.15, -0.1) is 0 Å². The Bertz CT molecular complexity index is 327. The Morgan fingerprint density at radius 3 is 2.38 bits per heavy atom. The second-order valence-electron chi connectivity index (χ2n) is 2.48. The minimum atomic E-state index is 0.480. The number of hydrogen-bond acceptors (Lipinski definition) is 2. The summed E-state index contributed by atoms with van der Waals surface area (Å²) < 4.78 is 0. The van der Waals surface area contributed by atoms with Crippen LogP contribution in [0.15, 0.2) is 48.4 Å². The summed E-state index contributed by atoms with van der Waals surface area (Å²) in [5.41, 5.74) is 1.02. The first-order chi connectivity index (χ1) is 6.24. The Hall–Kier alpha value is -1.28. The average molecular weight is 190 g/mol. The second kappa shape index (κ2) is 4.67. The lowest BCUT2D eigenvalue weighted by Crippen LogP contribution is -1.79. The molecule has 0 N–H and O–H groups in total. The van der Waals surface area contributed by atoms with Crippen LogP contribution in [0.5, 0.6) is 0 Å². The monoisotopic (exact) mass is 190 g/mol. The molecule has 1 nitrogen and oxygen atoms in total. The van der Waals surface area contributed by atoms with E-state index in [-0.39, 0.29) is 0 Å². The van der Waals surface area contributed by atoms with Crippen molar-refractivity contribution in [2.45, 2.75) is 0 Å². The molecule has 0 aromatic heterocycles. The van der Waals surface area contributed by atoms with Crippen molar-refractivity contribution in [2.75, 3.05) is 0 Å². The first-order valence-corrected chi connectivity index (χ1v) is 4.62. The van der Waals surface area contributed by atoms with Gasteiger partial charge in [0.15, 0.2) is 6.29 Å². The third-order valence-corrected chi connectivity index (χ3v) is 2.32. The molecule has 0 saturated heterocycles. The molecule has 2 heteroatoms. The fourth-order valence-corrected chi connectivity index (χ4v) is 1.48. The predicted octanol–water partition coefficient (Wildman–Crippen LogP) is 3.10. The lowest BCUT2D eigenvalue weighted by molar-refractivity contribution is -0.104. The third-order valence-electron chi connectivity index (χ3n) is 1.48. The van der Waals surface area contributed by atoms with Gasteiger partial charge in [0.25, 0.3) is 0 Å². The number of allylic oxidation sites excluding steroid dienone is 1. The molecule has 1 aromatic rings. The molecule has 0 aliphatic heterocycles. The minimum Gasteiger partial charge on any atom is -0.297 e. The van der Waals surface area contributed by atoms with Crippen LogP contribution in [0.1, 0.15) is 5.56 Å². The molecule has 1 rings (SSSR count). The highest BCUT2D eigenvalue weighted by molar-refractivity contribution is 8.12. The first-order valence-electron chi connectivity index (χ1n) is 3.80. The van der Waals surface area contributed by atoms with E-state index in [1.54, 1.807) is 0 Å². The minimum absolute atomic E-state index is 0.480. The van der Waals surface area contributed by atoms with Crippen molar-refractivity contribution in [1.82, 2.24) is 0 Å². The molecule has 0 atom stereocenters. The molecule has 0 saturated carbocycles. The summed E-state index contributed by atoms with van der Waals surface area (Å²) in [5.74, 6) is 0. The first kappa shape index (κ1) is 9.81. The Labute approximate surface area is 82.2 Å². The third kappa shape index (κ3) is 2.92. The van der Waals surface area contributed by atoms with Crippen LogP contribution in [0, 0.1) is 0 Å². The van der Waals surface area contributed by atoms with E-state index < -0.39 is 0 Å². The van der Waals surface area contributed by atoms with Crippen LogP contribution in [0.4, 0.5) is 0 Å². The molecule has 0 unspecified atom stereocenters. The predicted molar refractivity (Wildman–Crippen MR) is 58.3 cm³/mol. The van der Waals surface area contributed by atoms with E-state index in [1.807, 2.05) is 30.3 Å². The molecule has 13 heavy (non-hydrogen) atoms. The standard InChI is InChI=1S/C11H10OS/c1-9(8-12)13-10(2)11-6-4-3-5-7-11/h3-8H,1-2H2. The molecule has 0 radical (unpaired) electrons. The smallest absolute Gasteiger partial charge is 0.156 e. The van der Waals surface area contributed by atoms with Gasteiger partial charge >= 0.3 is 0 Å². The zero-order valence-corrected chi connectivity index (χ0v) is 8.01. The maximum atomic E-state index is 10.3. The zero-order valence-electron chi connectivity index (χ0n) is 7.19. The summed E-state index contributed by atoms with van der Waals surface area (Å²) in [6, 6.07) is 9.71. The topological polar surface area (TPSA) is 17.1 Å². The molecular weight excluding hydrogens is 180 g/mol. The van der Waals surface area contributed by atoms with Crippen molar-refractivity contribution >= 4 is 23.0 Å². The van der Waals surface area contributed by atoms with Crippen molar-refractivity contribution in [3.8, 4) is 0 Å². The van der Waals surface area contributed by atoms with Gasteiger partial charge in [0.05, 0.1) is 0 Å². The van der Waals surface area contributed by atoms with Gasteiger partial charge in [-0.3, -0.25) is 4.79 Å². The number of hydrogen-bond donors (Lipinski definition) is 0. The summed E-state index contributed by atoms with van der Waals surface area (Å²) in [5, 5.41) is 0. The van der Waals surface area contributed by atoms with Crippen LogP contribution in [0.3, 0.4) is 0 Å². The summed E-state index contributed by atoms with van der Waals surface area (Å²) in [4.78, 5) is 11.6. The highest BCUT2D eigenvalue weighted by Gasteiger charge is 2.00. The highest BCUT2D eigenvalue weighted by atomic mass is 32.2. The Balaban J connectivity index is 2.70. The summed E-state index contributed by atoms with van der Waals surface area (Å²) in [6.45, 7) is 7.43. The van der Waals surface area contributed by atoms with E-state index in [0.717, 1.165) is 16.8 Å². The van der Waals surface area contributed by atoms with Crippen molar-refractivity contribution < 1.29 is 4.79 Å². The molecule has 0 aliphatic rings. The van der Waals surface area contributed by atoms with Gasteiger partial charge in [-0.2, -0.15) is 0 Å². The fraction of sp³-hybridized carbons (Fsp3) is 0. The van der Waals surface area contributed by atoms with Gasteiger partial charge in [0.2, 0.25) is 0 Å². The lowest BCUT2D eigenvalue weighted by Gasteiger charge is -2.02. The maximum absolute atomic E-state index is 10.3. The molecule has 0 amide bonds. The van der Waals surface area contributed by atoms with E-state index >= 15 is 0 Å². The van der Waals surface area contributed by atoms with Crippen molar-refractivity contribution in [1.29, 1.82) is 0 Å². The Morgan fingerprint density at radius 1 is 1.23 bits per heavy atom. The molecule has 0 fully saturated rings. The number of benzene rings is 1. The molecule has 0 spiro atoms. The van der Waals surface area contributed by atoms with Crippen LogP contribution in [-0.4, -0.2) is 6.29 Å². The van der Waals surface area contributed by atoms with Crippen molar-refractivity contribution in [2.24, 2.45) is 0 Å². The number of aldehydes is 1. The van der Waals surface area contributed by atoms with E-state index in [4.69, 9.17) is 0 Å². The maximum Gasteiger partial charge on any atom is 0.156 e. The van der Waals surface area contributed by atoms with Crippen molar-refractivity contribution in [3.63, 3.8) is 0 Å². The number of carbonyl (C=O) groups excluding carboxylic acids is 1. The molecule has 66 valence electrons. The van der Waals surface area contributed by atoms with Crippen LogP contribution in [0.25, 0.3) is 4.91 Å². The van der Waals surface area contributed by atoms with E-state index in [1.165, 1.54) is 11.8 Å². The molecule has 1 aromatic carbocycles. The highest BCUT2D eigenvalue weighted by Crippen LogP contribution is 2.29. The van der Waals surface area contributed by atoms with E-state index in [2.05, 4.69) is 13.2 Å². The second-order valence-corrected chi connectivity index (χ2v) is 3.70. The van der Waals surface area contributed by atoms with Crippen LogP contribution in [0.2, 0.25) is 0 Å². The SMILES string of the molecule is C=C(C=O)SC(=C)c1ccccc1. The van der Waals surface area contributed by atoms with Gasteiger partial charge in [0.1, 0.15) is 0 Å². The molecular formula is C11H10OS. The summed E-state index contributed by atoms with van der Waals surface area (Å²) in [6.07, 6.45) is 0.735. The zero-order chi connectivity index (χ0) is 9.68. The van der Waals surface area contributed by atoms with Crippen LogP contribution in [-0.2, 0) is 4.79 Å². The average Bonchev–Trinajstić information content (AvgIpc) is 2.19. The van der Waals surface area contributed by atoms with E-state index in [0.29, 0.717) is 4.91 Å². The Kier molecular flexibility index (Phi) is 3.53. The van der Waals surface area contributed by atoms with Gasteiger partial charge in [-0.25, -0.2) is 0 Å². The fourth-order valence-electron chi connectivity index (χ4n) is 0.865. The quantitative estimate of drug-likeness (QED) is 0.536. The largest absolute Gasteiger partial charge is 0.297 e. The number of thioether (sulfide) groups is 1. The lowest BCUT2D eigenvalue weighted by atomic mass is 10.2. The van der Waals surface area contributed by atoms with Gasteiger partial charge in [0, 0.05) is 9.81 Å². The normalized spacial score (nSPS) is 9.23. The Morgan fingerprint density at radius 2 is 1.85 bits per heavy atom. The summed E-state index contributed by atoms with van der Waals surface area (Å²) in [7, 11) is 0. The number of carbonyl (C=O) groups is 1. The summed E-state index contributed by atoms with van der Waals surface area (Å²) >= 11 is 1.30. The van der Waals surface area contributed by atoms with Crippen LogP contribution >= 0.6 is 11.8 Å². The van der Waals surface area contributed by atoms with Gasteiger partial charge in [-0.05, 0) is 5.56 Å². The van der Waals surface area contributed by atoms with Gasteiger partial charge in [-0.1, -0.05) is 55.3 Å². The molecule has 0 heterocycles. The van der Waals surface area contributed by atoms with Crippen molar-refractivity contribution in [3.05, 3.63) is 54.0 Å². The van der Waals surface area contributed by atoms with E-state index in [9.17, 15) is 4.79 Å². The van der Waals surface area contributed by atoms with Gasteiger partial charge < -0.3 is 0 Å². The number of rotatable bonds is 4. The molecule has 0 aliphatic carbocycles. The van der Waals surface area contributed by atoms with Crippen LogP contribution < -0.4 is 0 Å². The molecule has 0 bridgehead atoms.